The van der Waals surface area contributed by atoms with E-state index in [2.05, 4.69) is 44.1 Å². The minimum absolute atomic E-state index is 0.657. The number of hydrogen-bond acceptors (Lipinski definition) is 2. The Morgan fingerprint density at radius 2 is 2.24 bits per heavy atom. The number of nitrogens with one attached hydrogen (secondary N) is 1. The maximum Gasteiger partial charge on any atom is 0.140 e. The number of aromatic nitrogens is 4. The summed E-state index contributed by atoms with van der Waals surface area (Å²) < 4.78 is 2.28. The molecule has 1 fully saturated rings. The van der Waals surface area contributed by atoms with Gasteiger partial charge < -0.3 is 4.57 Å². The number of rotatable bonds is 2. The maximum absolute atomic E-state index is 4.47. The first-order valence-electron chi connectivity index (χ1n) is 5.88. The van der Waals surface area contributed by atoms with E-state index in [1.807, 2.05) is 12.4 Å². The summed E-state index contributed by atoms with van der Waals surface area (Å²) in [5.41, 5.74) is 2.21. The molecule has 0 spiro atoms. The van der Waals surface area contributed by atoms with E-state index < -0.39 is 0 Å². The van der Waals surface area contributed by atoms with Crippen LogP contribution in [0.3, 0.4) is 0 Å². The molecular formula is C13H12N4. The molecule has 0 atom stereocenters. The zero-order valence-electron chi connectivity index (χ0n) is 9.30. The lowest BCUT2D eigenvalue weighted by atomic mass is 10.1. The fourth-order valence-electron chi connectivity index (χ4n) is 2.26. The third-order valence-corrected chi connectivity index (χ3v) is 3.31. The zero-order valence-corrected chi connectivity index (χ0v) is 9.30. The van der Waals surface area contributed by atoms with Crippen LogP contribution in [-0.2, 0) is 0 Å². The molecular weight excluding hydrogens is 212 g/mol. The van der Waals surface area contributed by atoms with Crippen LogP contribution in [0.25, 0.3) is 22.3 Å². The molecule has 1 aromatic carbocycles. The predicted octanol–water partition coefficient (Wildman–Crippen LogP) is 2.76. The van der Waals surface area contributed by atoms with Crippen molar-refractivity contribution < 1.29 is 0 Å². The Labute approximate surface area is 98.3 Å². The highest BCUT2D eigenvalue weighted by atomic mass is 15.1. The number of H-pyrrole nitrogens is 1. The number of hydrogen-bond donors (Lipinski definition) is 1. The number of aromatic amines is 1. The molecule has 0 bridgehead atoms. The van der Waals surface area contributed by atoms with Gasteiger partial charge in [0.05, 0.1) is 11.7 Å². The van der Waals surface area contributed by atoms with Crippen LogP contribution in [0.4, 0.5) is 0 Å². The Kier molecular flexibility index (Phi) is 1.69. The summed E-state index contributed by atoms with van der Waals surface area (Å²) in [4.78, 5) is 4.47. The molecule has 17 heavy (non-hydrogen) atoms. The topological polar surface area (TPSA) is 46.5 Å². The van der Waals surface area contributed by atoms with Crippen LogP contribution in [0.15, 0.2) is 36.8 Å². The van der Waals surface area contributed by atoms with Gasteiger partial charge in [-0.2, -0.15) is 5.10 Å². The summed E-state index contributed by atoms with van der Waals surface area (Å²) in [6.45, 7) is 0. The monoisotopic (exact) mass is 224 g/mol. The van der Waals surface area contributed by atoms with Crippen LogP contribution in [0.5, 0.6) is 0 Å². The van der Waals surface area contributed by atoms with E-state index in [0.29, 0.717) is 6.04 Å². The molecule has 4 nitrogen and oxygen atoms in total. The fourth-order valence-corrected chi connectivity index (χ4v) is 2.26. The molecule has 0 aliphatic heterocycles. The SMILES string of the molecule is c1cn(C2CC2)c(-c2ccc3cn[nH]c3c2)n1. The molecule has 0 radical (unpaired) electrons. The lowest BCUT2D eigenvalue weighted by Crippen LogP contribution is -1.95. The average molecular weight is 224 g/mol. The molecule has 0 saturated heterocycles. The Balaban J connectivity index is 1.88. The van der Waals surface area contributed by atoms with Gasteiger partial charge in [-0.05, 0) is 18.9 Å². The Morgan fingerprint density at radius 3 is 3.12 bits per heavy atom. The van der Waals surface area contributed by atoms with Gasteiger partial charge in [0.25, 0.3) is 0 Å². The van der Waals surface area contributed by atoms with Crippen molar-refractivity contribution in [2.24, 2.45) is 0 Å². The molecule has 4 heteroatoms. The van der Waals surface area contributed by atoms with Gasteiger partial charge in [0.1, 0.15) is 5.82 Å². The standard InChI is InChI=1S/C13H12N4/c1-2-10-8-15-16-12(10)7-9(1)13-14-5-6-17(13)11-3-4-11/h1-2,5-8,11H,3-4H2,(H,15,16). The summed E-state index contributed by atoms with van der Waals surface area (Å²) in [7, 11) is 0. The highest BCUT2D eigenvalue weighted by Gasteiger charge is 2.25. The van der Waals surface area contributed by atoms with Gasteiger partial charge in [0.2, 0.25) is 0 Å². The van der Waals surface area contributed by atoms with E-state index in [1.54, 1.807) is 0 Å². The van der Waals surface area contributed by atoms with E-state index in [1.165, 1.54) is 12.8 Å². The lowest BCUT2D eigenvalue weighted by Gasteiger charge is -2.05. The number of nitrogens with zero attached hydrogens (tertiary/aromatic N) is 3. The molecule has 84 valence electrons. The van der Waals surface area contributed by atoms with E-state index >= 15 is 0 Å². The minimum atomic E-state index is 0.657. The van der Waals surface area contributed by atoms with Crippen molar-refractivity contribution in [1.29, 1.82) is 0 Å². The van der Waals surface area contributed by atoms with Crippen molar-refractivity contribution in [2.75, 3.05) is 0 Å². The third-order valence-electron chi connectivity index (χ3n) is 3.31. The minimum Gasteiger partial charge on any atom is -0.328 e. The molecule has 2 aromatic heterocycles. The summed E-state index contributed by atoms with van der Waals surface area (Å²) in [5.74, 6) is 1.06. The van der Waals surface area contributed by atoms with Crippen LogP contribution in [0, 0.1) is 0 Å². The molecule has 1 N–H and O–H groups in total. The molecule has 2 heterocycles. The van der Waals surface area contributed by atoms with Gasteiger partial charge in [0, 0.05) is 29.4 Å². The van der Waals surface area contributed by atoms with Gasteiger partial charge in [-0.1, -0.05) is 12.1 Å². The van der Waals surface area contributed by atoms with Crippen molar-refractivity contribution in [1.82, 2.24) is 19.7 Å². The summed E-state index contributed by atoms with van der Waals surface area (Å²) >= 11 is 0. The van der Waals surface area contributed by atoms with Crippen LogP contribution in [-0.4, -0.2) is 19.7 Å². The van der Waals surface area contributed by atoms with Crippen LogP contribution >= 0.6 is 0 Å². The predicted molar refractivity (Wildman–Crippen MR) is 65.6 cm³/mol. The van der Waals surface area contributed by atoms with E-state index in [9.17, 15) is 0 Å². The van der Waals surface area contributed by atoms with Crippen LogP contribution < -0.4 is 0 Å². The quantitative estimate of drug-likeness (QED) is 0.727. The molecule has 0 unspecified atom stereocenters. The average Bonchev–Trinajstić information content (AvgIpc) is 2.93. The molecule has 3 aromatic rings. The van der Waals surface area contributed by atoms with E-state index in [0.717, 1.165) is 22.3 Å². The number of imidazole rings is 1. The first-order chi connectivity index (χ1) is 8.42. The lowest BCUT2D eigenvalue weighted by molar-refractivity contribution is 0.750. The second-order valence-corrected chi connectivity index (χ2v) is 4.56. The molecule has 1 aliphatic carbocycles. The fraction of sp³-hybridized carbons (Fsp3) is 0.231. The summed E-state index contributed by atoms with van der Waals surface area (Å²) in [6, 6.07) is 6.97. The van der Waals surface area contributed by atoms with Gasteiger partial charge in [-0.15, -0.1) is 0 Å². The maximum atomic E-state index is 4.47. The van der Waals surface area contributed by atoms with Gasteiger partial charge >= 0.3 is 0 Å². The third kappa shape index (κ3) is 1.37. The molecule has 4 rings (SSSR count). The largest absolute Gasteiger partial charge is 0.328 e. The highest BCUT2D eigenvalue weighted by molar-refractivity contribution is 5.82. The van der Waals surface area contributed by atoms with Crippen molar-refractivity contribution in [3.63, 3.8) is 0 Å². The first-order valence-corrected chi connectivity index (χ1v) is 5.88. The van der Waals surface area contributed by atoms with Crippen LogP contribution in [0.1, 0.15) is 18.9 Å². The van der Waals surface area contributed by atoms with Gasteiger partial charge in [-0.3, -0.25) is 5.10 Å². The zero-order chi connectivity index (χ0) is 11.2. The van der Waals surface area contributed by atoms with Crippen molar-refractivity contribution in [3.05, 3.63) is 36.8 Å². The van der Waals surface area contributed by atoms with E-state index in [4.69, 9.17) is 0 Å². The summed E-state index contributed by atoms with van der Waals surface area (Å²) in [6.07, 6.45) is 8.34. The summed E-state index contributed by atoms with van der Waals surface area (Å²) in [5, 5.41) is 8.18. The highest BCUT2D eigenvalue weighted by Crippen LogP contribution is 2.38. The Morgan fingerprint density at radius 1 is 1.29 bits per heavy atom. The molecule has 1 aliphatic rings. The Bertz CT molecular complexity index is 675. The Hall–Kier alpha value is -2.10. The van der Waals surface area contributed by atoms with Crippen molar-refractivity contribution in [3.8, 4) is 11.4 Å². The van der Waals surface area contributed by atoms with Gasteiger partial charge in [-0.25, -0.2) is 4.98 Å². The molecule has 1 saturated carbocycles. The van der Waals surface area contributed by atoms with Gasteiger partial charge in [0.15, 0.2) is 0 Å². The van der Waals surface area contributed by atoms with E-state index in [-0.39, 0.29) is 0 Å². The second-order valence-electron chi connectivity index (χ2n) is 4.56. The normalized spacial score (nSPS) is 15.5. The van der Waals surface area contributed by atoms with Crippen LogP contribution in [0.2, 0.25) is 0 Å². The second kappa shape index (κ2) is 3.20. The van der Waals surface area contributed by atoms with Crippen molar-refractivity contribution >= 4 is 10.9 Å². The number of benzene rings is 1. The molecule has 0 amide bonds. The first kappa shape index (κ1) is 8.98. The van der Waals surface area contributed by atoms with Crippen molar-refractivity contribution in [2.45, 2.75) is 18.9 Å². The smallest absolute Gasteiger partial charge is 0.140 e. The number of fused-ring (bicyclic) bond motifs is 1.